The maximum Gasteiger partial charge on any atom is 0.254 e. The highest BCUT2D eigenvalue weighted by atomic mass is 16.5. The lowest BCUT2D eigenvalue weighted by molar-refractivity contribution is -0.121. The monoisotopic (exact) mass is 621 g/mol. The van der Waals surface area contributed by atoms with Crippen molar-refractivity contribution in [1.82, 2.24) is 10.2 Å². The summed E-state index contributed by atoms with van der Waals surface area (Å²) in [5.74, 6) is 3.07. The van der Waals surface area contributed by atoms with Gasteiger partial charge in [0.15, 0.2) is 11.5 Å². The Balaban J connectivity index is 1.37. The summed E-state index contributed by atoms with van der Waals surface area (Å²) in [5, 5.41) is 2.98. The van der Waals surface area contributed by atoms with Gasteiger partial charge in [0, 0.05) is 31.6 Å². The van der Waals surface area contributed by atoms with E-state index < -0.39 is 0 Å². The Morgan fingerprint density at radius 1 is 0.935 bits per heavy atom. The number of rotatable bonds is 5. The highest BCUT2D eigenvalue weighted by Gasteiger charge is 2.33. The molecule has 9 rings (SSSR count). The third kappa shape index (κ3) is 7.10. The fourth-order valence-electron chi connectivity index (χ4n) is 5.97. The summed E-state index contributed by atoms with van der Waals surface area (Å²) in [6.07, 6.45) is 2.41. The summed E-state index contributed by atoms with van der Waals surface area (Å²) < 4.78 is 23.6. The van der Waals surface area contributed by atoms with Crippen molar-refractivity contribution >= 4 is 11.8 Å². The number of amides is 2. The van der Waals surface area contributed by atoms with Crippen LogP contribution in [0.25, 0.3) is 0 Å². The van der Waals surface area contributed by atoms with E-state index in [1.54, 1.807) is 25.3 Å². The van der Waals surface area contributed by atoms with Crippen LogP contribution in [-0.2, 0) is 17.6 Å². The van der Waals surface area contributed by atoms with Gasteiger partial charge < -0.3 is 34.9 Å². The van der Waals surface area contributed by atoms with Crippen LogP contribution >= 0.6 is 0 Å². The number of nitrogens with two attached hydrogens (primary N) is 1. The first kappa shape index (κ1) is 31.0. The smallest absolute Gasteiger partial charge is 0.254 e. The Bertz CT molecular complexity index is 1690. The number of ether oxygens (including phenoxy) is 4. The van der Waals surface area contributed by atoms with Gasteiger partial charge in [-0.25, -0.2) is 0 Å². The molecule has 0 saturated carbocycles. The first-order chi connectivity index (χ1) is 22.5. The van der Waals surface area contributed by atoms with Crippen molar-refractivity contribution in [3.8, 4) is 28.7 Å². The van der Waals surface area contributed by atoms with Crippen LogP contribution in [0.1, 0.15) is 51.5 Å². The van der Waals surface area contributed by atoms with Gasteiger partial charge in [0.1, 0.15) is 23.9 Å². The fraction of sp³-hybridized carbons (Fsp3) is 0.297. The van der Waals surface area contributed by atoms with Gasteiger partial charge in [0.25, 0.3) is 5.91 Å². The minimum Gasteiger partial charge on any atom is -0.494 e. The predicted octanol–water partition coefficient (Wildman–Crippen LogP) is 5.44. The van der Waals surface area contributed by atoms with Gasteiger partial charge in [0.05, 0.1) is 19.8 Å². The second-order valence-electron chi connectivity index (χ2n) is 11.4. The van der Waals surface area contributed by atoms with Crippen LogP contribution in [0, 0.1) is 0 Å². The molecule has 4 aromatic carbocycles. The molecule has 1 atom stereocenters. The van der Waals surface area contributed by atoms with E-state index in [0.29, 0.717) is 81.3 Å². The first-order valence-corrected chi connectivity index (χ1v) is 15.7. The molecule has 238 valence electrons. The second-order valence-corrected chi connectivity index (χ2v) is 11.4. The average molecular weight is 622 g/mol. The van der Waals surface area contributed by atoms with E-state index in [9.17, 15) is 9.59 Å². The van der Waals surface area contributed by atoms with Crippen molar-refractivity contribution in [2.24, 2.45) is 5.73 Å². The van der Waals surface area contributed by atoms with E-state index in [1.165, 1.54) is 0 Å². The van der Waals surface area contributed by atoms with E-state index in [0.717, 1.165) is 33.8 Å². The molecular weight excluding hydrogens is 582 g/mol. The van der Waals surface area contributed by atoms with E-state index >= 15 is 0 Å². The molecule has 0 aromatic heterocycles. The first-order valence-electron chi connectivity index (χ1n) is 15.7. The third-order valence-corrected chi connectivity index (χ3v) is 8.28. The zero-order valence-electron chi connectivity index (χ0n) is 26.0. The Labute approximate surface area is 269 Å². The van der Waals surface area contributed by atoms with Crippen molar-refractivity contribution in [1.29, 1.82) is 0 Å². The molecular formula is C37H39N3O6. The maximum atomic E-state index is 14.3. The molecule has 5 aliphatic heterocycles. The summed E-state index contributed by atoms with van der Waals surface area (Å²) in [7, 11) is 1.57. The van der Waals surface area contributed by atoms with Gasteiger partial charge >= 0.3 is 0 Å². The molecule has 0 spiro atoms. The number of methoxy groups -OCH3 is 1. The fourth-order valence-corrected chi connectivity index (χ4v) is 5.97. The van der Waals surface area contributed by atoms with Gasteiger partial charge in [-0.15, -0.1) is 0 Å². The standard InChI is InChI=1S/C37H39N3O6/c1-43-33-14-9-28(24-34(33)45-21-17-38)37(42)40-19-16-26-22-31-12-13-32(26)36(40)27-4-2-5-30(23-27)44-20-3-18-39-35(41)15-8-25-6-10-29(46-31)11-7-25/h2,4-7,9-14,22-24,36H,3,8,15-21,38H2,1H3,(H,39,41). The lowest BCUT2D eigenvalue weighted by atomic mass is 9.87. The number of aryl methyl sites for hydroxylation is 1. The number of nitrogens with one attached hydrogen (secondary N) is 1. The molecule has 0 radical (unpaired) electrons. The topological polar surface area (TPSA) is 112 Å². The molecule has 5 aliphatic rings. The minimum atomic E-state index is -0.364. The number of benzene rings is 4. The Kier molecular flexibility index (Phi) is 9.69. The molecule has 9 nitrogen and oxygen atoms in total. The molecule has 3 N–H and O–H groups in total. The van der Waals surface area contributed by atoms with Crippen molar-refractivity contribution in [3.63, 3.8) is 0 Å². The van der Waals surface area contributed by atoms with Crippen LogP contribution in [0.2, 0.25) is 0 Å². The molecule has 5 heterocycles. The second kappa shape index (κ2) is 14.4. The van der Waals surface area contributed by atoms with Crippen LogP contribution < -0.4 is 30.0 Å². The van der Waals surface area contributed by atoms with Gasteiger partial charge in [-0.05, 0) is 96.1 Å². The van der Waals surface area contributed by atoms with Crippen molar-refractivity contribution < 1.29 is 28.5 Å². The van der Waals surface area contributed by atoms with Crippen LogP contribution in [-0.4, -0.2) is 56.7 Å². The van der Waals surface area contributed by atoms with Gasteiger partial charge in [0.2, 0.25) is 5.91 Å². The van der Waals surface area contributed by atoms with Crippen LogP contribution in [0.4, 0.5) is 0 Å². The van der Waals surface area contributed by atoms with Crippen LogP contribution in [0.5, 0.6) is 28.7 Å². The maximum absolute atomic E-state index is 14.3. The summed E-state index contributed by atoms with van der Waals surface area (Å²) in [6.45, 7) is 2.14. The number of carbonyl (C=O) groups excluding carboxylic acids is 2. The summed E-state index contributed by atoms with van der Waals surface area (Å²) in [6, 6.07) is 26.7. The van der Waals surface area contributed by atoms with Gasteiger partial charge in [-0.2, -0.15) is 0 Å². The van der Waals surface area contributed by atoms with Crippen molar-refractivity contribution in [2.45, 2.75) is 31.7 Å². The predicted molar refractivity (Wildman–Crippen MR) is 175 cm³/mol. The number of nitrogens with zero attached hydrogens (tertiary/aromatic N) is 1. The molecule has 9 heteroatoms. The molecule has 4 aromatic rings. The van der Waals surface area contributed by atoms with E-state index in [1.807, 2.05) is 59.5 Å². The minimum absolute atomic E-state index is 0.0153. The van der Waals surface area contributed by atoms with Crippen LogP contribution in [0.3, 0.4) is 0 Å². The molecule has 8 bridgehead atoms. The zero-order valence-corrected chi connectivity index (χ0v) is 26.0. The molecule has 0 saturated heterocycles. The Hall–Kier alpha value is -5.02. The molecule has 2 amide bonds. The van der Waals surface area contributed by atoms with Gasteiger partial charge in [-0.1, -0.05) is 30.3 Å². The van der Waals surface area contributed by atoms with Crippen molar-refractivity contribution in [2.75, 3.05) is 40.0 Å². The number of carbonyl (C=O) groups is 2. The average Bonchev–Trinajstić information content (AvgIpc) is 3.09. The largest absolute Gasteiger partial charge is 0.494 e. The lowest BCUT2D eigenvalue weighted by Crippen LogP contribution is -2.40. The van der Waals surface area contributed by atoms with Crippen LogP contribution in [0.15, 0.2) is 84.9 Å². The van der Waals surface area contributed by atoms with E-state index in [2.05, 4.69) is 17.4 Å². The lowest BCUT2D eigenvalue weighted by Gasteiger charge is -2.38. The Morgan fingerprint density at radius 2 is 1.78 bits per heavy atom. The summed E-state index contributed by atoms with van der Waals surface area (Å²) >= 11 is 0. The third-order valence-electron chi connectivity index (χ3n) is 8.28. The van der Waals surface area contributed by atoms with Gasteiger partial charge in [-0.3, -0.25) is 9.59 Å². The zero-order chi connectivity index (χ0) is 31.9. The number of hydrogen-bond donors (Lipinski definition) is 2. The summed E-state index contributed by atoms with van der Waals surface area (Å²) in [5.41, 5.74) is 10.3. The van der Waals surface area contributed by atoms with E-state index in [4.69, 9.17) is 24.7 Å². The molecule has 1 unspecified atom stereocenters. The number of hydrogen-bond acceptors (Lipinski definition) is 7. The molecule has 0 aliphatic carbocycles. The molecule has 0 fully saturated rings. The normalized spacial score (nSPS) is 16.4. The molecule has 46 heavy (non-hydrogen) atoms. The van der Waals surface area contributed by atoms with E-state index in [-0.39, 0.29) is 17.9 Å². The Morgan fingerprint density at radius 3 is 2.61 bits per heavy atom. The SMILES string of the molecule is COc1ccc(C(=O)N2CCc3cc4ccc3C2c2cccc(c2)OCCCNC(=O)CCc2ccc(cc2)O4)cc1OCCN. The quantitative estimate of drug-likeness (QED) is 0.305. The van der Waals surface area contributed by atoms with Crippen molar-refractivity contribution in [3.05, 3.63) is 113 Å². The summed E-state index contributed by atoms with van der Waals surface area (Å²) in [4.78, 5) is 28.5. The highest BCUT2D eigenvalue weighted by molar-refractivity contribution is 5.95. The highest BCUT2D eigenvalue weighted by Crippen LogP contribution is 2.40.